The van der Waals surface area contributed by atoms with E-state index in [0.717, 1.165) is 6.42 Å². The van der Waals surface area contributed by atoms with Gasteiger partial charge in [0.15, 0.2) is 11.6 Å². The van der Waals surface area contributed by atoms with E-state index < -0.39 is 0 Å². The Morgan fingerprint density at radius 3 is 3.00 bits per heavy atom. The monoisotopic (exact) mass is 240 g/mol. The number of nitrogens with one attached hydrogen (secondary N) is 1. The molecule has 0 aliphatic heterocycles. The predicted octanol–water partition coefficient (Wildman–Crippen LogP) is 1.29. The molecule has 1 rings (SSSR count). The fourth-order valence-electron chi connectivity index (χ4n) is 1.36. The first-order valence-electron chi connectivity index (χ1n) is 5.76. The van der Waals surface area contributed by atoms with Crippen molar-refractivity contribution in [1.82, 2.24) is 4.98 Å². The van der Waals surface area contributed by atoms with Crippen molar-refractivity contribution in [3.8, 4) is 5.75 Å². The van der Waals surface area contributed by atoms with Crippen molar-refractivity contribution < 1.29 is 14.6 Å². The number of rotatable bonds is 8. The molecule has 5 heteroatoms. The Morgan fingerprint density at radius 1 is 1.53 bits per heavy atom. The number of aliphatic hydroxyl groups is 1. The van der Waals surface area contributed by atoms with Crippen LogP contribution in [0.15, 0.2) is 18.3 Å². The Kier molecular flexibility index (Phi) is 6.35. The molecule has 1 unspecified atom stereocenters. The van der Waals surface area contributed by atoms with Gasteiger partial charge in [-0.05, 0) is 18.6 Å². The summed E-state index contributed by atoms with van der Waals surface area (Å²) in [5, 5.41) is 12.3. The van der Waals surface area contributed by atoms with Gasteiger partial charge in [0.25, 0.3) is 0 Å². The van der Waals surface area contributed by atoms with Crippen molar-refractivity contribution in [2.75, 3.05) is 32.2 Å². The minimum absolute atomic E-state index is 0.0162. The number of hydrogen-bond donors (Lipinski definition) is 2. The van der Waals surface area contributed by atoms with Crippen molar-refractivity contribution in [3.05, 3.63) is 18.3 Å². The second-order valence-electron chi connectivity index (χ2n) is 3.68. The third kappa shape index (κ3) is 4.58. The minimum atomic E-state index is -0.182. The lowest BCUT2D eigenvalue weighted by Gasteiger charge is -2.18. The largest absolute Gasteiger partial charge is 0.490 e. The molecule has 1 atom stereocenters. The van der Waals surface area contributed by atoms with Crippen molar-refractivity contribution >= 4 is 5.82 Å². The van der Waals surface area contributed by atoms with E-state index in [9.17, 15) is 5.11 Å². The van der Waals surface area contributed by atoms with E-state index >= 15 is 0 Å². The lowest BCUT2D eigenvalue weighted by Crippen LogP contribution is -2.29. The summed E-state index contributed by atoms with van der Waals surface area (Å²) in [6, 6.07) is 3.49. The number of ether oxygens (including phenoxy) is 2. The maximum atomic E-state index is 9.17. The summed E-state index contributed by atoms with van der Waals surface area (Å²) in [6.07, 6.45) is 2.62. The second kappa shape index (κ2) is 7.86. The highest BCUT2D eigenvalue weighted by Crippen LogP contribution is 2.21. The third-order valence-electron chi connectivity index (χ3n) is 2.16. The highest BCUT2D eigenvalue weighted by Gasteiger charge is 2.11. The van der Waals surface area contributed by atoms with Crippen LogP contribution in [-0.4, -0.2) is 43.1 Å². The molecule has 0 saturated carbocycles. The predicted molar refractivity (Wildman–Crippen MR) is 66.4 cm³/mol. The zero-order valence-electron chi connectivity index (χ0n) is 10.3. The third-order valence-corrected chi connectivity index (χ3v) is 2.16. The van der Waals surface area contributed by atoms with Crippen LogP contribution in [0.4, 0.5) is 5.82 Å². The lowest BCUT2D eigenvalue weighted by atomic mass is 10.3. The topological polar surface area (TPSA) is 63.6 Å². The molecule has 0 aromatic carbocycles. The Balaban J connectivity index is 2.67. The molecule has 1 heterocycles. The summed E-state index contributed by atoms with van der Waals surface area (Å²) >= 11 is 0. The van der Waals surface area contributed by atoms with Gasteiger partial charge in [-0.1, -0.05) is 6.92 Å². The van der Waals surface area contributed by atoms with E-state index in [1.165, 1.54) is 0 Å². The van der Waals surface area contributed by atoms with Crippen LogP contribution in [0.3, 0.4) is 0 Å². The van der Waals surface area contributed by atoms with Crippen molar-refractivity contribution in [2.24, 2.45) is 0 Å². The van der Waals surface area contributed by atoms with Gasteiger partial charge in [0.1, 0.15) is 0 Å². The van der Waals surface area contributed by atoms with Gasteiger partial charge in [-0.3, -0.25) is 0 Å². The average molecular weight is 240 g/mol. The first kappa shape index (κ1) is 13.7. The van der Waals surface area contributed by atoms with Gasteiger partial charge in [0, 0.05) is 13.3 Å². The zero-order chi connectivity index (χ0) is 12.5. The van der Waals surface area contributed by atoms with Gasteiger partial charge in [-0.15, -0.1) is 0 Å². The van der Waals surface area contributed by atoms with Crippen molar-refractivity contribution in [2.45, 2.75) is 19.4 Å². The Bertz CT molecular complexity index is 320. The summed E-state index contributed by atoms with van der Waals surface area (Å²) in [5.74, 6) is 1.33. The number of aliphatic hydroxyl groups excluding tert-OH is 1. The average Bonchev–Trinajstić information content (AvgIpc) is 2.37. The second-order valence-corrected chi connectivity index (χ2v) is 3.68. The van der Waals surface area contributed by atoms with E-state index in [1.807, 2.05) is 19.1 Å². The van der Waals surface area contributed by atoms with E-state index in [1.54, 1.807) is 13.3 Å². The normalized spacial score (nSPS) is 12.2. The van der Waals surface area contributed by atoms with E-state index in [-0.39, 0.29) is 12.6 Å². The smallest absolute Gasteiger partial charge is 0.169 e. The summed E-state index contributed by atoms with van der Waals surface area (Å²) in [6.45, 7) is 3.09. The number of anilines is 1. The Morgan fingerprint density at radius 2 is 2.35 bits per heavy atom. The number of aromatic nitrogens is 1. The number of pyridine rings is 1. The Labute approximate surface area is 102 Å². The van der Waals surface area contributed by atoms with Crippen LogP contribution >= 0.6 is 0 Å². The first-order valence-corrected chi connectivity index (χ1v) is 5.76. The number of methoxy groups -OCH3 is 1. The van der Waals surface area contributed by atoms with Gasteiger partial charge >= 0.3 is 0 Å². The van der Waals surface area contributed by atoms with Crippen LogP contribution in [0.5, 0.6) is 5.75 Å². The molecule has 0 fully saturated rings. The molecule has 2 N–H and O–H groups in total. The molecular weight excluding hydrogens is 220 g/mol. The van der Waals surface area contributed by atoms with Gasteiger partial charge in [0.2, 0.25) is 0 Å². The van der Waals surface area contributed by atoms with Crippen molar-refractivity contribution in [3.63, 3.8) is 0 Å². The SMILES string of the molecule is CCCOc1cccnc1NC(CO)COC. The van der Waals surface area contributed by atoms with Crippen LogP contribution in [0, 0.1) is 0 Å². The fraction of sp³-hybridized carbons (Fsp3) is 0.583. The molecule has 0 amide bonds. The van der Waals surface area contributed by atoms with E-state index in [2.05, 4.69) is 10.3 Å². The van der Waals surface area contributed by atoms with Gasteiger partial charge < -0.3 is 19.9 Å². The van der Waals surface area contributed by atoms with Gasteiger partial charge in [-0.25, -0.2) is 4.98 Å². The summed E-state index contributed by atoms with van der Waals surface area (Å²) in [4.78, 5) is 4.20. The molecule has 96 valence electrons. The summed E-state index contributed by atoms with van der Waals surface area (Å²) in [5.41, 5.74) is 0. The lowest BCUT2D eigenvalue weighted by molar-refractivity contribution is 0.153. The molecule has 1 aromatic rings. The standard InChI is InChI=1S/C12H20N2O3/c1-3-7-17-11-5-4-6-13-12(11)14-10(8-15)9-16-2/h4-6,10,15H,3,7-9H2,1-2H3,(H,13,14). The van der Waals surface area contributed by atoms with Crippen LogP contribution in [0.1, 0.15) is 13.3 Å². The molecule has 0 saturated heterocycles. The molecular formula is C12H20N2O3. The quantitative estimate of drug-likeness (QED) is 0.717. The maximum absolute atomic E-state index is 9.17. The number of hydrogen-bond acceptors (Lipinski definition) is 5. The van der Waals surface area contributed by atoms with Crippen LogP contribution in [0.25, 0.3) is 0 Å². The highest BCUT2D eigenvalue weighted by atomic mass is 16.5. The Hall–Kier alpha value is -1.33. The van der Waals surface area contributed by atoms with Gasteiger partial charge in [-0.2, -0.15) is 0 Å². The molecule has 0 aliphatic carbocycles. The minimum Gasteiger partial charge on any atom is -0.490 e. The molecule has 0 aliphatic rings. The summed E-state index contributed by atoms with van der Waals surface area (Å²) in [7, 11) is 1.59. The molecule has 17 heavy (non-hydrogen) atoms. The van der Waals surface area contributed by atoms with Crippen LogP contribution in [0.2, 0.25) is 0 Å². The summed E-state index contributed by atoms with van der Waals surface area (Å²) < 4.78 is 10.6. The molecule has 0 radical (unpaired) electrons. The highest BCUT2D eigenvalue weighted by molar-refractivity contribution is 5.50. The first-order chi connectivity index (χ1) is 8.31. The maximum Gasteiger partial charge on any atom is 0.169 e. The van der Waals surface area contributed by atoms with Crippen molar-refractivity contribution in [1.29, 1.82) is 0 Å². The fourth-order valence-corrected chi connectivity index (χ4v) is 1.36. The number of nitrogens with zero attached hydrogens (tertiary/aromatic N) is 1. The van der Waals surface area contributed by atoms with E-state index in [4.69, 9.17) is 9.47 Å². The van der Waals surface area contributed by atoms with Gasteiger partial charge in [0.05, 0.1) is 25.9 Å². The molecule has 1 aromatic heterocycles. The zero-order valence-corrected chi connectivity index (χ0v) is 10.3. The van der Waals surface area contributed by atoms with E-state index in [0.29, 0.717) is 24.8 Å². The van der Waals surface area contributed by atoms with Crippen LogP contribution in [-0.2, 0) is 4.74 Å². The molecule has 5 nitrogen and oxygen atoms in total. The van der Waals surface area contributed by atoms with Crippen LogP contribution < -0.4 is 10.1 Å². The molecule has 0 spiro atoms. The molecule has 0 bridgehead atoms.